The van der Waals surface area contributed by atoms with E-state index in [4.69, 9.17) is 5.11 Å². The minimum absolute atomic E-state index is 0.132. The molecular weight excluding hydrogens is 190 g/mol. The van der Waals surface area contributed by atoms with Crippen molar-refractivity contribution in [2.75, 3.05) is 6.54 Å². The van der Waals surface area contributed by atoms with Gasteiger partial charge in [-0.1, -0.05) is 30.3 Å². The molecule has 3 heteroatoms. The van der Waals surface area contributed by atoms with Crippen LogP contribution < -0.4 is 5.32 Å². The van der Waals surface area contributed by atoms with Gasteiger partial charge in [-0.05, 0) is 17.9 Å². The number of benzene rings is 1. The number of aliphatic carboxylic acids is 1. The third kappa shape index (κ3) is 2.57. The highest BCUT2D eigenvalue weighted by Gasteiger charge is 2.26. The molecule has 0 spiro atoms. The Kier molecular flexibility index (Phi) is 3.02. The highest BCUT2D eigenvalue weighted by molar-refractivity contribution is 5.67. The average Bonchev–Trinajstić information content (AvgIpc) is 2.67. The van der Waals surface area contributed by atoms with Gasteiger partial charge in [0.25, 0.3) is 0 Å². The molecule has 1 aromatic rings. The Morgan fingerprint density at radius 2 is 2.13 bits per heavy atom. The monoisotopic (exact) mass is 205 g/mol. The number of carboxylic acid groups (broad SMARTS) is 1. The molecule has 0 radical (unpaired) electrons. The van der Waals surface area contributed by atoms with E-state index in [0.717, 1.165) is 13.0 Å². The van der Waals surface area contributed by atoms with E-state index in [1.54, 1.807) is 0 Å². The summed E-state index contributed by atoms with van der Waals surface area (Å²) in [5, 5.41) is 11.9. The zero-order chi connectivity index (χ0) is 10.7. The van der Waals surface area contributed by atoms with E-state index in [-0.39, 0.29) is 12.5 Å². The smallest absolute Gasteiger partial charge is 0.304 e. The molecule has 80 valence electrons. The van der Waals surface area contributed by atoms with E-state index >= 15 is 0 Å². The average molecular weight is 205 g/mol. The molecule has 0 aliphatic carbocycles. The standard InChI is InChI=1S/C12H15NO2/c14-12(15)7-11-6-10(8-13-11)9-4-2-1-3-5-9/h1-5,10-11,13H,6-8H2,(H,14,15)/t10-,11-/m0/s1. The fourth-order valence-electron chi connectivity index (χ4n) is 2.16. The molecule has 0 unspecified atom stereocenters. The van der Waals surface area contributed by atoms with Gasteiger partial charge >= 0.3 is 5.97 Å². The topological polar surface area (TPSA) is 49.3 Å². The van der Waals surface area contributed by atoms with Gasteiger partial charge in [-0.2, -0.15) is 0 Å². The van der Waals surface area contributed by atoms with Crippen molar-refractivity contribution >= 4 is 5.97 Å². The van der Waals surface area contributed by atoms with E-state index < -0.39 is 5.97 Å². The Balaban J connectivity index is 1.96. The SMILES string of the molecule is O=C(O)C[C@@H]1C[C@H](c2ccccc2)CN1. The predicted octanol–water partition coefficient (Wildman–Crippen LogP) is 1.61. The summed E-state index contributed by atoms with van der Waals surface area (Å²) >= 11 is 0. The first-order chi connectivity index (χ1) is 7.25. The zero-order valence-corrected chi connectivity index (χ0v) is 8.52. The fraction of sp³-hybridized carbons (Fsp3) is 0.417. The van der Waals surface area contributed by atoms with E-state index in [9.17, 15) is 4.79 Å². The quantitative estimate of drug-likeness (QED) is 0.788. The lowest BCUT2D eigenvalue weighted by atomic mass is 9.96. The minimum atomic E-state index is -0.721. The van der Waals surface area contributed by atoms with Gasteiger partial charge in [0, 0.05) is 12.6 Å². The summed E-state index contributed by atoms with van der Waals surface area (Å²) in [7, 11) is 0. The van der Waals surface area contributed by atoms with Gasteiger partial charge in [0.1, 0.15) is 0 Å². The minimum Gasteiger partial charge on any atom is -0.481 e. The summed E-state index contributed by atoms with van der Waals surface area (Å²) in [5.74, 6) is -0.253. The Morgan fingerprint density at radius 1 is 1.40 bits per heavy atom. The van der Waals surface area contributed by atoms with Crippen molar-refractivity contribution in [2.24, 2.45) is 0 Å². The van der Waals surface area contributed by atoms with Crippen LogP contribution in [0, 0.1) is 0 Å². The summed E-state index contributed by atoms with van der Waals surface area (Å²) in [6.07, 6.45) is 1.15. The number of nitrogens with one attached hydrogen (secondary N) is 1. The maximum absolute atomic E-state index is 10.6. The molecule has 1 heterocycles. The van der Waals surface area contributed by atoms with Crippen LogP contribution in [-0.2, 0) is 4.79 Å². The molecule has 1 fully saturated rings. The Hall–Kier alpha value is -1.35. The lowest BCUT2D eigenvalue weighted by Gasteiger charge is -2.08. The van der Waals surface area contributed by atoms with Crippen LogP contribution >= 0.6 is 0 Å². The van der Waals surface area contributed by atoms with E-state index in [0.29, 0.717) is 5.92 Å². The highest BCUT2D eigenvalue weighted by Crippen LogP contribution is 2.26. The lowest BCUT2D eigenvalue weighted by molar-refractivity contribution is -0.137. The van der Waals surface area contributed by atoms with Gasteiger partial charge in [-0.15, -0.1) is 0 Å². The first-order valence-corrected chi connectivity index (χ1v) is 5.26. The molecule has 3 nitrogen and oxygen atoms in total. The second-order valence-corrected chi connectivity index (χ2v) is 4.05. The van der Waals surface area contributed by atoms with Crippen LogP contribution in [0.4, 0.5) is 0 Å². The number of carbonyl (C=O) groups is 1. The summed E-state index contributed by atoms with van der Waals surface area (Å²) in [6, 6.07) is 10.4. The van der Waals surface area contributed by atoms with E-state index in [2.05, 4.69) is 17.4 Å². The summed E-state index contributed by atoms with van der Waals surface area (Å²) in [5.41, 5.74) is 1.30. The number of hydrogen-bond acceptors (Lipinski definition) is 2. The van der Waals surface area contributed by atoms with Crippen molar-refractivity contribution in [1.29, 1.82) is 0 Å². The fourth-order valence-corrected chi connectivity index (χ4v) is 2.16. The molecule has 0 saturated carbocycles. The van der Waals surface area contributed by atoms with Crippen molar-refractivity contribution < 1.29 is 9.90 Å². The van der Waals surface area contributed by atoms with Crippen molar-refractivity contribution in [3.8, 4) is 0 Å². The molecule has 1 aliphatic rings. The van der Waals surface area contributed by atoms with Crippen LogP contribution in [0.3, 0.4) is 0 Å². The molecule has 2 atom stereocenters. The van der Waals surface area contributed by atoms with Crippen LogP contribution in [-0.4, -0.2) is 23.7 Å². The lowest BCUT2D eigenvalue weighted by Crippen LogP contribution is -2.24. The molecule has 0 amide bonds. The van der Waals surface area contributed by atoms with Crippen molar-refractivity contribution in [2.45, 2.75) is 24.8 Å². The summed E-state index contributed by atoms with van der Waals surface area (Å²) in [4.78, 5) is 10.6. The van der Waals surface area contributed by atoms with Crippen LogP contribution in [0.5, 0.6) is 0 Å². The maximum atomic E-state index is 10.6. The molecule has 1 aliphatic heterocycles. The van der Waals surface area contributed by atoms with E-state index in [1.165, 1.54) is 5.56 Å². The summed E-state index contributed by atoms with van der Waals surface area (Å²) < 4.78 is 0. The van der Waals surface area contributed by atoms with Crippen LogP contribution in [0.15, 0.2) is 30.3 Å². The number of carboxylic acids is 1. The second kappa shape index (κ2) is 4.45. The zero-order valence-electron chi connectivity index (χ0n) is 8.52. The molecular formula is C12H15NO2. The predicted molar refractivity (Wildman–Crippen MR) is 57.8 cm³/mol. The molecule has 2 N–H and O–H groups in total. The van der Waals surface area contributed by atoms with Gasteiger partial charge in [0.2, 0.25) is 0 Å². The second-order valence-electron chi connectivity index (χ2n) is 4.05. The van der Waals surface area contributed by atoms with Gasteiger partial charge in [0.15, 0.2) is 0 Å². The van der Waals surface area contributed by atoms with Crippen LogP contribution in [0.25, 0.3) is 0 Å². The van der Waals surface area contributed by atoms with Crippen molar-refractivity contribution in [1.82, 2.24) is 5.32 Å². The maximum Gasteiger partial charge on any atom is 0.304 e. The molecule has 1 aromatic carbocycles. The van der Waals surface area contributed by atoms with Gasteiger partial charge in [-0.3, -0.25) is 4.79 Å². The first kappa shape index (κ1) is 10.2. The normalized spacial score (nSPS) is 25.3. The Bertz CT molecular complexity index is 337. The first-order valence-electron chi connectivity index (χ1n) is 5.26. The summed E-state index contributed by atoms with van der Waals surface area (Å²) in [6.45, 7) is 0.891. The van der Waals surface area contributed by atoms with Crippen molar-refractivity contribution in [3.05, 3.63) is 35.9 Å². The van der Waals surface area contributed by atoms with E-state index in [1.807, 2.05) is 18.2 Å². The molecule has 2 rings (SSSR count). The molecule has 1 saturated heterocycles. The molecule has 0 aromatic heterocycles. The third-order valence-electron chi connectivity index (χ3n) is 2.91. The Labute approximate surface area is 89.1 Å². The number of rotatable bonds is 3. The van der Waals surface area contributed by atoms with Gasteiger partial charge in [0.05, 0.1) is 6.42 Å². The van der Waals surface area contributed by atoms with Gasteiger partial charge in [-0.25, -0.2) is 0 Å². The Morgan fingerprint density at radius 3 is 2.80 bits per heavy atom. The highest BCUT2D eigenvalue weighted by atomic mass is 16.4. The van der Waals surface area contributed by atoms with Gasteiger partial charge < -0.3 is 10.4 Å². The molecule has 15 heavy (non-hydrogen) atoms. The van der Waals surface area contributed by atoms with Crippen LogP contribution in [0.2, 0.25) is 0 Å². The van der Waals surface area contributed by atoms with Crippen LogP contribution in [0.1, 0.15) is 24.3 Å². The third-order valence-corrected chi connectivity index (χ3v) is 2.91. The van der Waals surface area contributed by atoms with Crippen molar-refractivity contribution in [3.63, 3.8) is 0 Å². The number of hydrogen-bond donors (Lipinski definition) is 2. The largest absolute Gasteiger partial charge is 0.481 e. The molecule has 0 bridgehead atoms.